The number of aliphatic hydroxyl groups excluding tert-OH is 1. The molecular formula is C12H27N3O2. The number of urea groups is 1. The summed E-state index contributed by atoms with van der Waals surface area (Å²) in [4.78, 5) is 13.5. The fraction of sp³-hybridized carbons (Fsp3) is 0.917. The number of aliphatic hydroxyl groups is 1. The minimum Gasteiger partial charge on any atom is -0.391 e. The third-order valence-corrected chi connectivity index (χ3v) is 2.51. The van der Waals surface area contributed by atoms with Crippen LogP contribution in [-0.4, -0.2) is 55.4 Å². The van der Waals surface area contributed by atoms with Gasteiger partial charge in [0.1, 0.15) is 0 Å². The monoisotopic (exact) mass is 245 g/mol. The summed E-state index contributed by atoms with van der Waals surface area (Å²) in [6.07, 6.45) is 2.11. The Kier molecular flexibility index (Phi) is 8.80. The zero-order valence-corrected chi connectivity index (χ0v) is 11.5. The van der Waals surface area contributed by atoms with E-state index in [4.69, 9.17) is 0 Å². The molecule has 0 aromatic heterocycles. The van der Waals surface area contributed by atoms with E-state index in [0.29, 0.717) is 6.54 Å². The molecule has 17 heavy (non-hydrogen) atoms. The number of hydrogen-bond donors (Lipinski definition) is 3. The fourth-order valence-electron chi connectivity index (χ4n) is 1.44. The van der Waals surface area contributed by atoms with Crippen LogP contribution in [0.2, 0.25) is 0 Å². The van der Waals surface area contributed by atoms with E-state index in [0.717, 1.165) is 25.8 Å². The van der Waals surface area contributed by atoms with Crippen LogP contribution in [0.25, 0.3) is 0 Å². The summed E-state index contributed by atoms with van der Waals surface area (Å²) in [6.45, 7) is 5.25. The van der Waals surface area contributed by atoms with Crippen LogP contribution in [0.15, 0.2) is 0 Å². The molecule has 5 nitrogen and oxygen atoms in total. The largest absolute Gasteiger partial charge is 0.391 e. The number of nitrogens with zero attached hydrogens (tertiary/aromatic N) is 1. The van der Waals surface area contributed by atoms with E-state index in [1.165, 1.54) is 0 Å². The van der Waals surface area contributed by atoms with Gasteiger partial charge in [0.25, 0.3) is 0 Å². The summed E-state index contributed by atoms with van der Waals surface area (Å²) in [5.74, 6) is 0. The van der Waals surface area contributed by atoms with E-state index in [1.54, 1.807) is 0 Å². The van der Waals surface area contributed by atoms with Crippen LogP contribution in [0.3, 0.4) is 0 Å². The molecule has 0 aromatic carbocycles. The summed E-state index contributed by atoms with van der Waals surface area (Å²) in [6, 6.07) is -0.0628. The second-order valence-corrected chi connectivity index (χ2v) is 4.79. The molecule has 0 bridgehead atoms. The van der Waals surface area contributed by atoms with E-state index in [9.17, 15) is 9.90 Å². The molecule has 102 valence electrons. The van der Waals surface area contributed by atoms with Crippen LogP contribution >= 0.6 is 0 Å². The Balaban J connectivity index is 3.63. The van der Waals surface area contributed by atoms with Crippen molar-refractivity contribution >= 4 is 6.03 Å². The van der Waals surface area contributed by atoms with Crippen molar-refractivity contribution in [2.24, 2.45) is 0 Å². The third-order valence-electron chi connectivity index (χ3n) is 2.51. The molecule has 3 N–H and O–H groups in total. The van der Waals surface area contributed by atoms with Gasteiger partial charge < -0.3 is 20.6 Å². The average molecular weight is 245 g/mol. The van der Waals surface area contributed by atoms with Gasteiger partial charge in [0, 0.05) is 12.6 Å². The first-order chi connectivity index (χ1) is 7.95. The number of nitrogens with one attached hydrogen (secondary N) is 2. The Morgan fingerprint density at radius 3 is 2.53 bits per heavy atom. The molecule has 0 spiro atoms. The summed E-state index contributed by atoms with van der Waals surface area (Å²) in [7, 11) is 4.02. The quantitative estimate of drug-likeness (QED) is 0.592. The Morgan fingerprint density at radius 1 is 1.35 bits per heavy atom. The van der Waals surface area contributed by atoms with Gasteiger partial charge in [-0.15, -0.1) is 0 Å². The van der Waals surface area contributed by atoms with Crippen LogP contribution in [0.5, 0.6) is 0 Å². The Bertz CT molecular complexity index is 210. The zero-order chi connectivity index (χ0) is 13.3. The smallest absolute Gasteiger partial charge is 0.315 e. The molecule has 0 aliphatic carbocycles. The third kappa shape index (κ3) is 10.1. The Morgan fingerprint density at radius 2 is 2.00 bits per heavy atom. The molecule has 0 heterocycles. The number of carbonyl (C=O) groups is 1. The highest BCUT2D eigenvalue weighted by Gasteiger charge is 2.09. The Hall–Kier alpha value is -0.810. The summed E-state index contributed by atoms with van der Waals surface area (Å²) in [5.41, 5.74) is 0. The van der Waals surface area contributed by atoms with Crippen molar-refractivity contribution in [3.8, 4) is 0 Å². The lowest BCUT2D eigenvalue weighted by atomic mass is 10.2. The maximum absolute atomic E-state index is 11.5. The van der Waals surface area contributed by atoms with Crippen molar-refractivity contribution in [1.29, 1.82) is 0 Å². The molecule has 0 saturated heterocycles. The number of hydrogen-bond acceptors (Lipinski definition) is 3. The minimum absolute atomic E-state index is 0.140. The molecule has 0 radical (unpaired) electrons. The van der Waals surface area contributed by atoms with Crippen molar-refractivity contribution in [1.82, 2.24) is 15.5 Å². The lowest BCUT2D eigenvalue weighted by molar-refractivity contribution is 0.160. The number of rotatable bonds is 8. The first-order valence-electron chi connectivity index (χ1n) is 6.32. The van der Waals surface area contributed by atoms with Gasteiger partial charge in [-0.05, 0) is 40.4 Å². The maximum atomic E-state index is 11.5. The van der Waals surface area contributed by atoms with Crippen LogP contribution < -0.4 is 10.6 Å². The average Bonchev–Trinajstić information content (AvgIpc) is 2.24. The van der Waals surface area contributed by atoms with Crippen molar-refractivity contribution in [3.63, 3.8) is 0 Å². The first kappa shape index (κ1) is 16.2. The second-order valence-electron chi connectivity index (χ2n) is 4.79. The van der Waals surface area contributed by atoms with E-state index in [-0.39, 0.29) is 12.1 Å². The molecule has 2 atom stereocenters. The highest BCUT2D eigenvalue weighted by Crippen LogP contribution is 1.94. The lowest BCUT2D eigenvalue weighted by Gasteiger charge is -2.18. The molecule has 0 aromatic rings. The summed E-state index contributed by atoms with van der Waals surface area (Å²) < 4.78 is 0. The molecule has 2 amide bonds. The van der Waals surface area contributed by atoms with Gasteiger partial charge in [-0.2, -0.15) is 0 Å². The van der Waals surface area contributed by atoms with E-state index >= 15 is 0 Å². The maximum Gasteiger partial charge on any atom is 0.315 e. The minimum atomic E-state index is -0.442. The summed E-state index contributed by atoms with van der Waals surface area (Å²) >= 11 is 0. The van der Waals surface area contributed by atoms with Gasteiger partial charge in [0.2, 0.25) is 0 Å². The van der Waals surface area contributed by atoms with Gasteiger partial charge in [0.15, 0.2) is 0 Å². The first-order valence-corrected chi connectivity index (χ1v) is 6.32. The molecule has 2 unspecified atom stereocenters. The van der Waals surface area contributed by atoms with E-state index < -0.39 is 6.10 Å². The molecule has 0 aliphatic heterocycles. The summed E-state index contributed by atoms with van der Waals surface area (Å²) in [5, 5.41) is 15.0. The SMILES string of the molecule is CCCC(O)CNC(=O)NC(C)CCN(C)C. The molecule has 0 rings (SSSR count). The van der Waals surface area contributed by atoms with Crippen molar-refractivity contribution < 1.29 is 9.90 Å². The van der Waals surface area contributed by atoms with Gasteiger partial charge >= 0.3 is 6.03 Å². The predicted molar refractivity (Wildman–Crippen MR) is 70.1 cm³/mol. The van der Waals surface area contributed by atoms with Crippen LogP contribution in [0.4, 0.5) is 4.79 Å². The highest BCUT2D eigenvalue weighted by atomic mass is 16.3. The normalized spacial score (nSPS) is 14.5. The van der Waals surface area contributed by atoms with Crippen LogP contribution in [-0.2, 0) is 0 Å². The van der Waals surface area contributed by atoms with Gasteiger partial charge in [-0.25, -0.2) is 4.79 Å². The van der Waals surface area contributed by atoms with Crippen LogP contribution in [0, 0.1) is 0 Å². The zero-order valence-electron chi connectivity index (χ0n) is 11.5. The van der Waals surface area contributed by atoms with Crippen molar-refractivity contribution in [2.45, 2.75) is 45.3 Å². The molecule has 0 aliphatic rings. The van der Waals surface area contributed by atoms with Gasteiger partial charge in [0.05, 0.1) is 6.10 Å². The van der Waals surface area contributed by atoms with Crippen molar-refractivity contribution in [3.05, 3.63) is 0 Å². The topological polar surface area (TPSA) is 64.6 Å². The predicted octanol–water partition coefficient (Wildman–Crippen LogP) is 0.787. The van der Waals surface area contributed by atoms with Crippen molar-refractivity contribution in [2.75, 3.05) is 27.2 Å². The number of amides is 2. The molecular weight excluding hydrogens is 218 g/mol. The van der Waals surface area contributed by atoms with Gasteiger partial charge in [-0.1, -0.05) is 13.3 Å². The second kappa shape index (κ2) is 9.24. The molecule has 5 heteroatoms. The van der Waals surface area contributed by atoms with Crippen LogP contribution in [0.1, 0.15) is 33.1 Å². The number of carbonyl (C=O) groups excluding carboxylic acids is 1. The fourth-order valence-corrected chi connectivity index (χ4v) is 1.44. The van der Waals surface area contributed by atoms with E-state index in [2.05, 4.69) is 15.5 Å². The highest BCUT2D eigenvalue weighted by molar-refractivity contribution is 5.74. The Labute approximate surface area is 105 Å². The van der Waals surface area contributed by atoms with E-state index in [1.807, 2.05) is 27.9 Å². The molecule has 0 saturated carbocycles. The van der Waals surface area contributed by atoms with Gasteiger partial charge in [-0.3, -0.25) is 0 Å². The standard InChI is InChI=1S/C12H27N3O2/c1-5-6-11(16)9-13-12(17)14-10(2)7-8-15(3)4/h10-11,16H,5-9H2,1-4H3,(H2,13,14,17). The lowest BCUT2D eigenvalue weighted by Crippen LogP contribution is -2.44. The molecule has 0 fully saturated rings.